The Kier molecular flexibility index (Phi) is 6.25. The molecular weight excluding hydrogens is 499 g/mol. The number of urea groups is 1. The van der Waals surface area contributed by atoms with Crippen LogP contribution in [0.5, 0.6) is 0 Å². The van der Waals surface area contributed by atoms with Gasteiger partial charge in [0.25, 0.3) is 5.91 Å². The maximum Gasteiger partial charge on any atom is 0.418 e. The summed E-state index contributed by atoms with van der Waals surface area (Å²) >= 11 is 0. The summed E-state index contributed by atoms with van der Waals surface area (Å²) in [6.07, 6.45) is 0.0787. The van der Waals surface area contributed by atoms with Gasteiger partial charge in [0.1, 0.15) is 18.4 Å². The number of ether oxygens (including phenoxy) is 1. The molecule has 2 aliphatic heterocycles. The zero-order valence-electron chi connectivity index (χ0n) is 20.4. The van der Waals surface area contributed by atoms with Gasteiger partial charge in [-0.1, -0.05) is 18.2 Å². The van der Waals surface area contributed by atoms with E-state index in [0.717, 1.165) is 10.5 Å². The number of fused-ring (bicyclic) bond motifs is 2. The molecule has 0 radical (unpaired) electrons. The minimum Gasteiger partial charge on any atom is -0.480 e. The molecule has 198 valence electrons. The highest BCUT2D eigenvalue weighted by Crippen LogP contribution is 2.46. The molecule has 0 aromatic heterocycles. The number of halogens is 1. The number of rotatable bonds is 5. The first-order valence-corrected chi connectivity index (χ1v) is 12.1. The summed E-state index contributed by atoms with van der Waals surface area (Å²) < 4.78 is 19.0. The molecule has 2 saturated heterocycles. The van der Waals surface area contributed by atoms with Crippen molar-refractivity contribution >= 4 is 35.6 Å². The maximum absolute atomic E-state index is 13.5. The second-order valence-electron chi connectivity index (χ2n) is 9.46. The van der Waals surface area contributed by atoms with E-state index in [1.165, 1.54) is 31.3 Å². The Balaban J connectivity index is 1.38. The number of aliphatic carboxylic acids is 1. The van der Waals surface area contributed by atoms with Crippen molar-refractivity contribution in [3.05, 3.63) is 65.0 Å². The highest BCUT2D eigenvalue weighted by Gasteiger charge is 2.59. The number of imide groups is 1. The molecule has 2 heterocycles. The van der Waals surface area contributed by atoms with Crippen molar-refractivity contribution in [3.63, 3.8) is 0 Å². The van der Waals surface area contributed by atoms with Crippen LogP contribution in [0.3, 0.4) is 0 Å². The van der Waals surface area contributed by atoms with Gasteiger partial charge in [0, 0.05) is 24.7 Å². The molecule has 2 aromatic carbocycles. The molecule has 38 heavy (non-hydrogen) atoms. The highest BCUT2D eigenvalue weighted by atomic mass is 19.1. The predicted octanol–water partition coefficient (Wildman–Crippen LogP) is 2.51. The number of carbonyl (C=O) groups is 5. The lowest BCUT2D eigenvalue weighted by molar-refractivity contribution is -0.151. The van der Waals surface area contributed by atoms with Gasteiger partial charge in [0.05, 0.1) is 6.04 Å². The zero-order chi connectivity index (χ0) is 27.2. The molecule has 2 fully saturated rings. The average molecular weight is 525 g/mol. The SMILES string of the molecule is CNC(=O)Nc1ccc2c(c1)CCC21OC(=O)N(CC(=O)N2[C@@H](C(=O)O)CC[C@H]2c2ccc(F)cc2)C1=O. The van der Waals surface area contributed by atoms with Crippen molar-refractivity contribution in [3.8, 4) is 0 Å². The van der Waals surface area contributed by atoms with Gasteiger partial charge in [-0.3, -0.25) is 9.59 Å². The van der Waals surface area contributed by atoms with Crippen molar-refractivity contribution in [2.45, 2.75) is 43.4 Å². The van der Waals surface area contributed by atoms with Crippen LogP contribution in [0.25, 0.3) is 0 Å². The minimum absolute atomic E-state index is 0.167. The lowest BCUT2D eigenvalue weighted by Gasteiger charge is -2.30. The number of nitrogens with zero attached hydrogens (tertiary/aromatic N) is 2. The Morgan fingerprint density at radius 2 is 1.87 bits per heavy atom. The monoisotopic (exact) mass is 524 g/mol. The van der Waals surface area contributed by atoms with Crippen LogP contribution in [-0.4, -0.2) is 64.4 Å². The standard InChI is InChI=1S/C26H25FN4O7/c1-28-24(36)29-17-6-7-18-15(12-17)10-11-26(18)23(35)30(25(37)38-26)13-21(32)31-19(8-9-20(31)22(33)34)14-2-4-16(27)5-3-14/h2-7,12,19-20H,8-11,13H2,1H3,(H,33,34)(H2,28,29,36)/t19-,20+,26?/m0/s1. The third kappa shape index (κ3) is 4.11. The second kappa shape index (κ2) is 9.43. The first kappa shape index (κ1) is 25.2. The number of carbonyl (C=O) groups excluding carboxylic acids is 4. The fraction of sp³-hybridized carbons (Fsp3) is 0.346. The fourth-order valence-corrected chi connectivity index (χ4v) is 5.55. The van der Waals surface area contributed by atoms with Crippen LogP contribution in [-0.2, 0) is 31.1 Å². The van der Waals surface area contributed by atoms with Crippen molar-refractivity contribution in [1.82, 2.24) is 15.1 Å². The van der Waals surface area contributed by atoms with Crippen LogP contribution in [0.15, 0.2) is 42.5 Å². The Morgan fingerprint density at radius 3 is 2.55 bits per heavy atom. The summed E-state index contributed by atoms with van der Waals surface area (Å²) in [4.78, 5) is 65.2. The van der Waals surface area contributed by atoms with E-state index in [1.54, 1.807) is 18.2 Å². The summed E-state index contributed by atoms with van der Waals surface area (Å²) in [6.45, 7) is -0.688. The van der Waals surface area contributed by atoms with Crippen LogP contribution in [0.4, 0.5) is 19.7 Å². The van der Waals surface area contributed by atoms with E-state index in [-0.39, 0.29) is 12.8 Å². The molecule has 5 amide bonds. The largest absolute Gasteiger partial charge is 0.480 e. The van der Waals surface area contributed by atoms with Crippen LogP contribution in [0, 0.1) is 5.82 Å². The van der Waals surface area contributed by atoms with Gasteiger partial charge in [-0.15, -0.1) is 0 Å². The Bertz CT molecular complexity index is 1350. The van der Waals surface area contributed by atoms with E-state index >= 15 is 0 Å². The van der Waals surface area contributed by atoms with Crippen molar-refractivity contribution in [2.75, 3.05) is 18.9 Å². The number of anilines is 1. The third-order valence-corrected chi connectivity index (χ3v) is 7.35. The van der Waals surface area contributed by atoms with E-state index in [2.05, 4.69) is 10.6 Å². The maximum atomic E-state index is 13.5. The highest BCUT2D eigenvalue weighted by molar-refractivity contribution is 6.06. The smallest absolute Gasteiger partial charge is 0.418 e. The van der Waals surface area contributed by atoms with Crippen molar-refractivity contribution < 1.29 is 38.2 Å². The number of carboxylic acids is 1. The molecule has 1 aliphatic carbocycles. The van der Waals surface area contributed by atoms with Crippen molar-refractivity contribution in [1.29, 1.82) is 0 Å². The van der Waals surface area contributed by atoms with Gasteiger partial charge in [-0.25, -0.2) is 23.7 Å². The molecular formula is C26H25FN4O7. The molecule has 2 aromatic rings. The summed E-state index contributed by atoms with van der Waals surface area (Å²) in [5.41, 5.74) is 0.661. The number of hydrogen-bond donors (Lipinski definition) is 3. The lowest BCUT2D eigenvalue weighted by atomic mass is 9.94. The number of carboxylic acid groups (broad SMARTS) is 1. The molecule has 12 heteroatoms. The Labute approximate surface area is 216 Å². The Morgan fingerprint density at radius 1 is 1.13 bits per heavy atom. The zero-order valence-corrected chi connectivity index (χ0v) is 20.4. The minimum atomic E-state index is -1.59. The molecule has 5 rings (SSSR count). The van der Waals surface area contributed by atoms with Gasteiger partial charge in [-0.2, -0.15) is 0 Å². The van der Waals surface area contributed by atoms with Crippen LogP contribution in [0.2, 0.25) is 0 Å². The van der Waals surface area contributed by atoms with E-state index in [9.17, 15) is 33.5 Å². The molecule has 1 unspecified atom stereocenters. The predicted molar refractivity (Wildman–Crippen MR) is 129 cm³/mol. The normalized spacial score (nSPS) is 23.9. The molecule has 11 nitrogen and oxygen atoms in total. The van der Waals surface area contributed by atoms with Gasteiger partial charge >= 0.3 is 18.1 Å². The van der Waals surface area contributed by atoms with E-state index in [4.69, 9.17) is 4.74 Å². The van der Waals surface area contributed by atoms with E-state index < -0.39 is 60.0 Å². The number of aryl methyl sites for hydroxylation is 1. The van der Waals surface area contributed by atoms with Gasteiger partial charge in [0.2, 0.25) is 11.5 Å². The second-order valence-corrected chi connectivity index (χ2v) is 9.46. The summed E-state index contributed by atoms with van der Waals surface area (Å²) in [6, 6.07) is 8.10. The summed E-state index contributed by atoms with van der Waals surface area (Å²) in [5, 5.41) is 14.8. The molecule has 0 saturated carbocycles. The molecule has 3 atom stereocenters. The van der Waals surface area contributed by atoms with E-state index in [0.29, 0.717) is 34.6 Å². The fourth-order valence-electron chi connectivity index (χ4n) is 5.55. The first-order chi connectivity index (χ1) is 18.1. The van der Waals surface area contributed by atoms with Crippen molar-refractivity contribution in [2.24, 2.45) is 0 Å². The van der Waals surface area contributed by atoms with Crippen LogP contribution < -0.4 is 10.6 Å². The summed E-state index contributed by atoms with van der Waals surface area (Å²) in [7, 11) is 1.48. The number of nitrogens with one attached hydrogen (secondary N) is 2. The van der Waals surface area contributed by atoms with Gasteiger partial charge < -0.3 is 25.4 Å². The topological polar surface area (TPSA) is 145 Å². The number of hydrogen-bond acceptors (Lipinski definition) is 6. The van der Waals surface area contributed by atoms with Gasteiger partial charge in [0.15, 0.2) is 0 Å². The quantitative estimate of drug-likeness (QED) is 0.545. The lowest BCUT2D eigenvalue weighted by Crippen LogP contribution is -2.48. The number of benzene rings is 2. The molecule has 3 aliphatic rings. The van der Waals surface area contributed by atoms with Crippen LogP contribution >= 0.6 is 0 Å². The first-order valence-electron chi connectivity index (χ1n) is 12.1. The molecule has 3 N–H and O–H groups in total. The van der Waals surface area contributed by atoms with E-state index in [1.807, 2.05) is 0 Å². The third-order valence-electron chi connectivity index (χ3n) is 7.35. The van der Waals surface area contributed by atoms with Crippen LogP contribution in [0.1, 0.15) is 42.0 Å². The average Bonchev–Trinajstić information content (AvgIpc) is 3.56. The Hall–Kier alpha value is -4.48. The summed E-state index contributed by atoms with van der Waals surface area (Å²) in [5.74, 6) is -3.11. The van der Waals surface area contributed by atoms with Gasteiger partial charge in [-0.05, 0) is 54.7 Å². The molecule has 0 bridgehead atoms. The number of likely N-dealkylation sites (tertiary alicyclic amines) is 1. The number of amides is 5. The molecule has 1 spiro atoms.